The first-order valence-corrected chi connectivity index (χ1v) is 4.04. The van der Waals surface area contributed by atoms with Crippen LogP contribution < -0.4 is 0 Å². The van der Waals surface area contributed by atoms with Crippen LogP contribution in [0.2, 0.25) is 0 Å². The molecule has 3 nitrogen and oxygen atoms in total. The third-order valence-electron chi connectivity index (χ3n) is 1.83. The minimum absolute atomic E-state index is 0.666. The molecule has 84 valence electrons. The average molecular weight is 214 g/mol. The molecule has 0 radical (unpaired) electrons. The Morgan fingerprint density at radius 1 is 1.36 bits per heavy atom. The van der Waals surface area contributed by atoms with E-state index in [1.54, 1.807) is 0 Å². The monoisotopic (exact) mass is 214 g/mol. The first-order chi connectivity index (χ1) is 6.21. The molecule has 0 fully saturated rings. The number of carbonyl (C=O) groups excluding carboxylic acids is 1. The zero-order chi connectivity index (χ0) is 11.5. The lowest BCUT2D eigenvalue weighted by Crippen LogP contribution is -2.43. The van der Waals surface area contributed by atoms with Crippen molar-refractivity contribution in [2.75, 3.05) is 7.11 Å². The fraction of sp³-hybridized carbons (Fsp3) is 0.875. The number of alkyl halides is 3. The second-order valence-electron chi connectivity index (χ2n) is 3.28. The van der Waals surface area contributed by atoms with E-state index in [4.69, 9.17) is 0 Å². The van der Waals surface area contributed by atoms with Crippen molar-refractivity contribution in [3.8, 4) is 0 Å². The molecular formula is C8H13F3O3. The highest BCUT2D eigenvalue weighted by molar-refractivity contribution is 5.73. The van der Waals surface area contributed by atoms with Gasteiger partial charge in [-0.1, -0.05) is 13.8 Å². The number of carbonyl (C=O) groups is 1. The number of aliphatic hydroxyl groups is 1. The Hall–Kier alpha value is -0.780. The van der Waals surface area contributed by atoms with Crippen LogP contribution in [0.15, 0.2) is 0 Å². The van der Waals surface area contributed by atoms with Gasteiger partial charge in [-0.3, -0.25) is 4.79 Å². The topological polar surface area (TPSA) is 46.5 Å². The van der Waals surface area contributed by atoms with Crippen LogP contribution in [-0.2, 0) is 9.53 Å². The van der Waals surface area contributed by atoms with Crippen LogP contribution in [0.3, 0.4) is 0 Å². The van der Waals surface area contributed by atoms with Crippen LogP contribution in [-0.4, -0.2) is 30.5 Å². The van der Waals surface area contributed by atoms with Crippen molar-refractivity contribution in [3.05, 3.63) is 0 Å². The van der Waals surface area contributed by atoms with E-state index in [1.165, 1.54) is 13.8 Å². The smallest absolute Gasteiger partial charge is 0.404 e. The molecule has 1 N–H and O–H groups in total. The molecule has 0 aromatic rings. The molecule has 0 unspecified atom stereocenters. The van der Waals surface area contributed by atoms with Crippen LogP contribution >= 0.6 is 0 Å². The van der Waals surface area contributed by atoms with Gasteiger partial charge in [0, 0.05) is 0 Å². The number of esters is 1. The lowest BCUT2D eigenvalue weighted by Gasteiger charge is -2.25. The van der Waals surface area contributed by atoms with Crippen molar-refractivity contribution >= 4 is 5.97 Å². The van der Waals surface area contributed by atoms with E-state index in [0.29, 0.717) is 0 Å². The maximum atomic E-state index is 12.3. The van der Waals surface area contributed by atoms with Gasteiger partial charge in [0.05, 0.1) is 13.2 Å². The number of ether oxygens (including phenoxy) is 1. The maximum absolute atomic E-state index is 12.3. The second kappa shape index (κ2) is 4.63. The number of rotatable bonds is 3. The van der Waals surface area contributed by atoms with E-state index in [0.717, 1.165) is 7.11 Å². The summed E-state index contributed by atoms with van der Waals surface area (Å²) in [5, 5.41) is 9.20. The van der Waals surface area contributed by atoms with Gasteiger partial charge in [0.2, 0.25) is 0 Å². The van der Waals surface area contributed by atoms with E-state index < -0.39 is 30.1 Å². The Bertz CT molecular complexity index is 200. The minimum Gasteiger partial charge on any atom is -0.468 e. The molecule has 0 aromatic heterocycles. The molecule has 0 aliphatic carbocycles. The molecule has 0 heterocycles. The van der Waals surface area contributed by atoms with Crippen LogP contribution in [0, 0.1) is 11.8 Å². The highest BCUT2D eigenvalue weighted by Gasteiger charge is 2.50. The Kier molecular flexibility index (Phi) is 4.38. The Morgan fingerprint density at radius 3 is 2.00 bits per heavy atom. The number of hydrogen-bond acceptors (Lipinski definition) is 3. The molecule has 0 aliphatic rings. The Balaban J connectivity index is 4.82. The van der Waals surface area contributed by atoms with Gasteiger partial charge < -0.3 is 9.84 Å². The summed E-state index contributed by atoms with van der Waals surface area (Å²) >= 11 is 0. The molecule has 0 spiro atoms. The molecule has 0 saturated heterocycles. The van der Waals surface area contributed by atoms with Crippen LogP contribution in [0.4, 0.5) is 13.2 Å². The summed E-state index contributed by atoms with van der Waals surface area (Å²) in [7, 11) is 0.855. The number of hydrogen-bond donors (Lipinski definition) is 1. The molecule has 0 rings (SSSR count). The summed E-state index contributed by atoms with van der Waals surface area (Å²) in [4.78, 5) is 10.8. The molecule has 0 saturated carbocycles. The molecular weight excluding hydrogens is 201 g/mol. The molecule has 0 amide bonds. The molecule has 2 atom stereocenters. The SMILES string of the molecule is COC(=O)[C@H]([C@H](O)C(C)C)C(F)(F)F. The van der Waals surface area contributed by atoms with Crippen molar-refractivity contribution < 1.29 is 27.8 Å². The van der Waals surface area contributed by atoms with E-state index in [9.17, 15) is 23.1 Å². The van der Waals surface area contributed by atoms with E-state index in [-0.39, 0.29) is 0 Å². The lowest BCUT2D eigenvalue weighted by atomic mass is 9.93. The van der Waals surface area contributed by atoms with Gasteiger partial charge in [-0.05, 0) is 5.92 Å². The van der Waals surface area contributed by atoms with Gasteiger partial charge in [0.1, 0.15) is 0 Å². The summed E-state index contributed by atoms with van der Waals surface area (Å²) in [5.74, 6) is -4.59. The first kappa shape index (κ1) is 13.2. The summed E-state index contributed by atoms with van der Waals surface area (Å²) in [6.45, 7) is 2.79. The van der Waals surface area contributed by atoms with Crippen LogP contribution in [0.25, 0.3) is 0 Å². The number of halogens is 3. The van der Waals surface area contributed by atoms with Gasteiger partial charge in [0.15, 0.2) is 5.92 Å². The zero-order valence-corrected chi connectivity index (χ0v) is 8.13. The van der Waals surface area contributed by atoms with Crippen LogP contribution in [0.5, 0.6) is 0 Å². The van der Waals surface area contributed by atoms with Crippen molar-refractivity contribution in [1.82, 2.24) is 0 Å². The Labute approximate surface area is 79.9 Å². The highest BCUT2D eigenvalue weighted by atomic mass is 19.4. The lowest BCUT2D eigenvalue weighted by molar-refractivity contribution is -0.217. The normalized spacial score (nSPS) is 16.6. The van der Waals surface area contributed by atoms with Crippen molar-refractivity contribution in [2.24, 2.45) is 11.8 Å². The minimum atomic E-state index is -4.78. The van der Waals surface area contributed by atoms with Crippen LogP contribution in [0.1, 0.15) is 13.8 Å². The van der Waals surface area contributed by atoms with Gasteiger partial charge in [-0.25, -0.2) is 0 Å². The Morgan fingerprint density at radius 2 is 1.79 bits per heavy atom. The van der Waals surface area contributed by atoms with E-state index >= 15 is 0 Å². The molecule has 0 aromatic carbocycles. The van der Waals surface area contributed by atoms with Crippen molar-refractivity contribution in [2.45, 2.75) is 26.1 Å². The first-order valence-electron chi connectivity index (χ1n) is 4.04. The summed E-state index contributed by atoms with van der Waals surface area (Å²) < 4.78 is 40.9. The summed E-state index contributed by atoms with van der Waals surface area (Å²) in [5.41, 5.74) is 0. The van der Waals surface area contributed by atoms with Crippen molar-refractivity contribution in [1.29, 1.82) is 0 Å². The largest absolute Gasteiger partial charge is 0.468 e. The summed E-state index contributed by atoms with van der Waals surface area (Å²) in [6, 6.07) is 0. The van der Waals surface area contributed by atoms with E-state index in [1.807, 2.05) is 0 Å². The third kappa shape index (κ3) is 3.17. The van der Waals surface area contributed by atoms with Gasteiger partial charge in [0.25, 0.3) is 0 Å². The zero-order valence-electron chi connectivity index (χ0n) is 8.13. The van der Waals surface area contributed by atoms with Gasteiger partial charge >= 0.3 is 12.1 Å². The molecule has 0 aliphatic heterocycles. The summed E-state index contributed by atoms with van der Waals surface area (Å²) in [6.07, 6.45) is -6.56. The number of methoxy groups -OCH3 is 1. The number of aliphatic hydroxyl groups excluding tert-OH is 1. The maximum Gasteiger partial charge on any atom is 0.404 e. The van der Waals surface area contributed by atoms with Gasteiger partial charge in [-0.2, -0.15) is 13.2 Å². The molecule has 0 bridgehead atoms. The predicted molar refractivity (Wildman–Crippen MR) is 42.4 cm³/mol. The highest BCUT2D eigenvalue weighted by Crippen LogP contribution is 2.32. The van der Waals surface area contributed by atoms with Crippen molar-refractivity contribution in [3.63, 3.8) is 0 Å². The second-order valence-corrected chi connectivity index (χ2v) is 3.28. The quantitative estimate of drug-likeness (QED) is 0.721. The average Bonchev–Trinajstić information content (AvgIpc) is 2.01. The fourth-order valence-electron chi connectivity index (χ4n) is 0.979. The standard InChI is InChI=1S/C8H13F3O3/c1-4(2)6(12)5(7(13)14-3)8(9,10)11/h4-6,12H,1-3H3/t5-,6+/m0/s1. The fourth-order valence-corrected chi connectivity index (χ4v) is 0.979. The van der Waals surface area contributed by atoms with Gasteiger partial charge in [-0.15, -0.1) is 0 Å². The third-order valence-corrected chi connectivity index (χ3v) is 1.83. The molecule has 14 heavy (non-hydrogen) atoms. The van der Waals surface area contributed by atoms with E-state index in [2.05, 4.69) is 4.74 Å². The molecule has 6 heteroatoms. The predicted octanol–water partition coefficient (Wildman–Crippen LogP) is 1.35.